The first-order chi connectivity index (χ1) is 13.7. The van der Waals surface area contributed by atoms with Gasteiger partial charge in [-0.25, -0.2) is 5.48 Å². The van der Waals surface area contributed by atoms with Crippen molar-refractivity contribution in [3.05, 3.63) is 81.4 Å². The van der Waals surface area contributed by atoms with E-state index in [1.54, 1.807) is 19.3 Å². The van der Waals surface area contributed by atoms with Gasteiger partial charge in [-0.1, -0.05) is 0 Å². The molecule has 0 radical (unpaired) electrons. The van der Waals surface area contributed by atoms with Gasteiger partial charge in [-0.15, -0.1) is 0 Å². The Morgan fingerprint density at radius 3 is 2.46 bits per heavy atom. The van der Waals surface area contributed by atoms with E-state index in [1.165, 1.54) is 12.2 Å². The number of benzene rings is 1. The van der Waals surface area contributed by atoms with E-state index in [4.69, 9.17) is 9.57 Å². The number of methoxy groups -OCH3 is 1. The molecule has 0 saturated heterocycles. The lowest BCUT2D eigenvalue weighted by Gasteiger charge is -2.17. The van der Waals surface area contributed by atoms with E-state index in [1.807, 2.05) is 24.3 Å². The second-order valence-electron chi connectivity index (χ2n) is 6.33. The Hall–Kier alpha value is -3.68. The highest BCUT2D eigenvalue weighted by Gasteiger charge is 2.30. The number of rotatable bonds is 3. The van der Waals surface area contributed by atoms with Crippen LogP contribution in [0.25, 0.3) is 5.76 Å². The van der Waals surface area contributed by atoms with Gasteiger partial charge in [-0.3, -0.25) is 4.99 Å². The molecule has 2 aliphatic heterocycles. The Labute approximate surface area is 162 Å². The molecule has 0 atom stereocenters. The van der Waals surface area contributed by atoms with E-state index in [0.29, 0.717) is 11.5 Å². The molecule has 0 amide bonds. The molecule has 1 aromatic carbocycles. The zero-order valence-corrected chi connectivity index (χ0v) is 15.3. The minimum Gasteiger partial charge on any atom is -0.612 e. The number of hydroxylamine groups is 1. The normalized spacial score (nSPS) is 18.5. The maximum absolute atomic E-state index is 10.9. The maximum Gasteiger partial charge on any atom is 0.222 e. The molecule has 1 aromatic rings. The average Bonchev–Trinajstić information content (AvgIpc) is 3.19. The average molecular weight is 379 g/mol. The molecule has 0 unspecified atom stereocenters. The third-order valence-corrected chi connectivity index (χ3v) is 4.59. The summed E-state index contributed by atoms with van der Waals surface area (Å²) in [7, 11) is 1.62. The smallest absolute Gasteiger partial charge is 0.222 e. The second-order valence-corrected chi connectivity index (χ2v) is 6.33. The molecule has 8 heteroatoms. The first-order valence-corrected chi connectivity index (χ1v) is 8.90. The summed E-state index contributed by atoms with van der Waals surface area (Å²) in [6, 6.07) is 7.56. The lowest BCUT2D eigenvalue weighted by Crippen LogP contribution is -2.32. The van der Waals surface area contributed by atoms with Crippen LogP contribution in [0.15, 0.2) is 70.4 Å². The van der Waals surface area contributed by atoms with Crippen LogP contribution in [0.3, 0.4) is 0 Å². The highest BCUT2D eigenvalue weighted by atomic mass is 16.8. The van der Waals surface area contributed by atoms with Gasteiger partial charge in [0.25, 0.3) is 0 Å². The molecule has 0 saturated carbocycles. The Morgan fingerprint density at radius 1 is 1.11 bits per heavy atom. The maximum atomic E-state index is 10.9. The molecule has 3 aliphatic rings. The molecule has 0 spiro atoms. The van der Waals surface area contributed by atoms with Crippen LogP contribution in [0, 0.1) is 10.4 Å². The predicted molar refractivity (Wildman–Crippen MR) is 106 cm³/mol. The van der Waals surface area contributed by atoms with Crippen molar-refractivity contribution in [2.75, 3.05) is 20.2 Å². The largest absolute Gasteiger partial charge is 0.612 e. The molecule has 144 valence electrons. The van der Waals surface area contributed by atoms with Gasteiger partial charge in [0, 0.05) is 36.4 Å². The van der Waals surface area contributed by atoms with Crippen molar-refractivity contribution < 1.29 is 14.5 Å². The monoisotopic (exact) mass is 379 g/mol. The molecular weight excluding hydrogens is 360 g/mol. The molecule has 0 fully saturated rings. The van der Waals surface area contributed by atoms with Gasteiger partial charge in [0.15, 0.2) is 5.76 Å². The number of amidine groups is 1. The Morgan fingerprint density at radius 2 is 1.86 bits per heavy atom. The molecule has 8 nitrogen and oxygen atoms in total. The van der Waals surface area contributed by atoms with E-state index in [0.717, 1.165) is 47.8 Å². The van der Waals surface area contributed by atoms with Crippen LogP contribution in [0.1, 0.15) is 12.0 Å². The van der Waals surface area contributed by atoms with Crippen LogP contribution in [-0.2, 0) is 4.84 Å². The Kier molecular flexibility index (Phi) is 4.76. The van der Waals surface area contributed by atoms with Gasteiger partial charge in [0.2, 0.25) is 5.71 Å². The number of nitrogens with one attached hydrogen (secondary N) is 2. The fraction of sp³-hybridized carbons (Fsp3) is 0.200. The molecular formula is C20H19N4O4-. The molecule has 0 aromatic heterocycles. The van der Waals surface area contributed by atoms with E-state index >= 15 is 0 Å². The summed E-state index contributed by atoms with van der Waals surface area (Å²) in [6.45, 7) is 1.56. The SMILES string of the molecule is COc1ccc(C2=C(C3=NCCCN3)C(=C3C=CC(=[N+]([O-])[O-])C=C3)NO2)cc1. The van der Waals surface area contributed by atoms with Gasteiger partial charge in [0.1, 0.15) is 11.6 Å². The van der Waals surface area contributed by atoms with Crippen molar-refractivity contribution in [1.82, 2.24) is 10.8 Å². The quantitative estimate of drug-likeness (QED) is 0.616. The zero-order valence-electron chi connectivity index (χ0n) is 15.3. The topological polar surface area (TPSA) is 104 Å². The van der Waals surface area contributed by atoms with Crippen molar-refractivity contribution in [2.24, 2.45) is 4.99 Å². The molecule has 2 N–H and O–H groups in total. The lowest BCUT2D eigenvalue weighted by atomic mass is 9.98. The van der Waals surface area contributed by atoms with E-state index in [9.17, 15) is 10.4 Å². The fourth-order valence-electron chi connectivity index (χ4n) is 3.14. The summed E-state index contributed by atoms with van der Waals surface area (Å²) in [6.07, 6.45) is 7.32. The summed E-state index contributed by atoms with van der Waals surface area (Å²) in [5, 5.41) is 25.2. The Bertz CT molecular complexity index is 946. The lowest BCUT2D eigenvalue weighted by molar-refractivity contribution is -0.377. The summed E-state index contributed by atoms with van der Waals surface area (Å²) >= 11 is 0. The fourth-order valence-corrected chi connectivity index (χ4v) is 3.14. The van der Waals surface area contributed by atoms with Gasteiger partial charge in [0.05, 0.1) is 18.4 Å². The summed E-state index contributed by atoms with van der Waals surface area (Å²) < 4.78 is 5.23. The van der Waals surface area contributed by atoms with E-state index < -0.39 is 4.90 Å². The van der Waals surface area contributed by atoms with Gasteiger partial charge in [-0.2, -0.15) is 4.90 Å². The predicted octanol–water partition coefficient (Wildman–Crippen LogP) is 2.16. The van der Waals surface area contributed by atoms with Crippen molar-refractivity contribution in [2.45, 2.75) is 6.42 Å². The Balaban J connectivity index is 1.81. The highest BCUT2D eigenvalue weighted by molar-refractivity contribution is 6.09. The molecule has 2 heterocycles. The van der Waals surface area contributed by atoms with Crippen LogP contribution >= 0.6 is 0 Å². The minimum absolute atomic E-state index is 0.0392. The molecule has 4 rings (SSSR count). The number of hydrogen-bond acceptors (Lipinski definition) is 7. The van der Waals surface area contributed by atoms with Crippen molar-refractivity contribution >= 4 is 17.3 Å². The minimum atomic E-state index is -0.417. The first kappa shape index (κ1) is 17.7. The van der Waals surface area contributed by atoms with Crippen molar-refractivity contribution in [1.29, 1.82) is 0 Å². The van der Waals surface area contributed by atoms with Gasteiger partial charge < -0.3 is 25.3 Å². The van der Waals surface area contributed by atoms with Crippen molar-refractivity contribution in [3.63, 3.8) is 0 Å². The summed E-state index contributed by atoms with van der Waals surface area (Å²) in [4.78, 5) is 10.0. The van der Waals surface area contributed by atoms with Crippen LogP contribution in [0.4, 0.5) is 0 Å². The van der Waals surface area contributed by atoms with E-state index in [-0.39, 0.29) is 5.71 Å². The van der Waals surface area contributed by atoms with Gasteiger partial charge in [-0.05, 0) is 42.8 Å². The molecule has 1 aliphatic carbocycles. The van der Waals surface area contributed by atoms with Crippen LogP contribution in [-0.4, -0.2) is 36.6 Å². The highest BCUT2D eigenvalue weighted by Crippen LogP contribution is 2.33. The number of nitrogens with zero attached hydrogens (tertiary/aromatic N) is 2. The van der Waals surface area contributed by atoms with Crippen molar-refractivity contribution in [3.8, 4) is 5.75 Å². The number of allylic oxidation sites excluding steroid dienone is 5. The standard InChI is InChI=1S/C20H19N4O4/c1-27-16-9-5-14(6-10-16)19-17(20-21-11-2-12-22-20)18(23-28-19)13-3-7-15(8-4-13)24(25)26/h3-10,23H,2,11-12H2,1H3,(H-,21,22,25,26)/q-1. The second kappa shape index (κ2) is 7.51. The molecule has 28 heavy (non-hydrogen) atoms. The number of hydrogen-bond donors (Lipinski definition) is 2. The zero-order chi connectivity index (χ0) is 19.5. The third kappa shape index (κ3) is 3.32. The summed E-state index contributed by atoms with van der Waals surface area (Å²) in [5.74, 6) is 2.14. The van der Waals surface area contributed by atoms with Gasteiger partial charge >= 0.3 is 0 Å². The molecule has 0 bridgehead atoms. The number of ether oxygens (including phenoxy) is 1. The van der Waals surface area contributed by atoms with Crippen LogP contribution < -0.4 is 15.5 Å². The number of aliphatic imine (C=N–C) groups is 1. The van der Waals surface area contributed by atoms with Crippen LogP contribution in [0.2, 0.25) is 0 Å². The summed E-state index contributed by atoms with van der Waals surface area (Å²) in [5.41, 5.74) is 6.17. The first-order valence-electron chi connectivity index (χ1n) is 8.90. The van der Waals surface area contributed by atoms with E-state index in [2.05, 4.69) is 15.8 Å². The third-order valence-electron chi connectivity index (χ3n) is 4.59. The van der Waals surface area contributed by atoms with Crippen LogP contribution in [0.5, 0.6) is 5.75 Å².